The van der Waals surface area contributed by atoms with Gasteiger partial charge in [-0.15, -0.1) is 0 Å². The van der Waals surface area contributed by atoms with Gasteiger partial charge in [-0.25, -0.2) is 9.97 Å². The summed E-state index contributed by atoms with van der Waals surface area (Å²) in [7, 11) is 0. The number of carbonyl (C=O) groups is 1. The lowest BCUT2D eigenvalue weighted by molar-refractivity contribution is 0.102. The molecule has 1 aliphatic rings. The van der Waals surface area contributed by atoms with E-state index in [0.717, 1.165) is 26.2 Å². The molecule has 1 saturated heterocycles. The molecule has 0 aliphatic carbocycles. The highest BCUT2D eigenvalue weighted by Gasteiger charge is 2.19. The first kappa shape index (κ1) is 18.4. The van der Waals surface area contributed by atoms with E-state index in [0.29, 0.717) is 22.8 Å². The summed E-state index contributed by atoms with van der Waals surface area (Å²) in [6.45, 7) is 3.48. The standard InChI is InChI=1S/C22H20N6O/c23-14-17-5-4-6-18(13-17)21(29)26-19-15-24-22(25-16-19)28-11-9-27(10-12-28)20-7-2-1-3-8-20/h1-8,13,15-16H,9-12H2,(H,26,29). The van der Waals surface area contributed by atoms with E-state index in [-0.39, 0.29) is 5.91 Å². The molecule has 7 heteroatoms. The van der Waals surface area contributed by atoms with Crippen LogP contribution in [0.2, 0.25) is 0 Å². The Morgan fingerprint density at radius 1 is 0.931 bits per heavy atom. The minimum atomic E-state index is -0.296. The molecule has 7 nitrogen and oxygen atoms in total. The van der Waals surface area contributed by atoms with Crippen LogP contribution in [0.5, 0.6) is 0 Å². The number of anilines is 3. The van der Waals surface area contributed by atoms with Crippen LogP contribution in [0.15, 0.2) is 67.0 Å². The first-order chi connectivity index (χ1) is 14.2. The Kier molecular flexibility index (Phi) is 5.34. The van der Waals surface area contributed by atoms with E-state index < -0.39 is 0 Å². The number of piperazine rings is 1. The van der Waals surface area contributed by atoms with Crippen LogP contribution >= 0.6 is 0 Å². The van der Waals surface area contributed by atoms with Gasteiger partial charge in [0.25, 0.3) is 5.91 Å². The molecule has 0 saturated carbocycles. The van der Waals surface area contributed by atoms with Crippen LogP contribution in [0.1, 0.15) is 15.9 Å². The lowest BCUT2D eigenvalue weighted by Gasteiger charge is -2.36. The monoisotopic (exact) mass is 384 g/mol. The molecule has 1 N–H and O–H groups in total. The van der Waals surface area contributed by atoms with Gasteiger partial charge in [-0.3, -0.25) is 4.79 Å². The molecule has 0 bridgehead atoms. The molecule has 1 aliphatic heterocycles. The summed E-state index contributed by atoms with van der Waals surface area (Å²) in [6, 6.07) is 19.0. The SMILES string of the molecule is N#Cc1cccc(C(=O)Nc2cnc(N3CCN(c4ccccc4)CC3)nc2)c1. The second kappa shape index (κ2) is 8.40. The summed E-state index contributed by atoms with van der Waals surface area (Å²) in [6.07, 6.45) is 3.22. The lowest BCUT2D eigenvalue weighted by Crippen LogP contribution is -2.47. The maximum absolute atomic E-state index is 12.3. The quantitative estimate of drug-likeness (QED) is 0.744. The summed E-state index contributed by atoms with van der Waals surface area (Å²) in [4.78, 5) is 25.7. The first-order valence-corrected chi connectivity index (χ1v) is 9.41. The predicted molar refractivity (Wildman–Crippen MR) is 112 cm³/mol. The van der Waals surface area contributed by atoms with Crippen molar-refractivity contribution in [1.82, 2.24) is 9.97 Å². The van der Waals surface area contributed by atoms with Crippen molar-refractivity contribution in [3.63, 3.8) is 0 Å². The largest absolute Gasteiger partial charge is 0.368 e. The van der Waals surface area contributed by atoms with Crippen molar-refractivity contribution in [3.8, 4) is 6.07 Å². The molecular formula is C22H20N6O. The molecule has 144 valence electrons. The zero-order chi connectivity index (χ0) is 20.1. The molecule has 1 fully saturated rings. The predicted octanol–water partition coefficient (Wildman–Crippen LogP) is 2.93. The molecule has 0 atom stereocenters. The third-order valence-corrected chi connectivity index (χ3v) is 4.83. The number of amides is 1. The van der Waals surface area contributed by atoms with Gasteiger partial charge in [-0.05, 0) is 30.3 Å². The summed E-state index contributed by atoms with van der Waals surface area (Å²) in [5, 5.41) is 11.7. The number of hydrogen-bond donors (Lipinski definition) is 1. The molecule has 2 heterocycles. The number of nitrogens with one attached hydrogen (secondary N) is 1. The van der Waals surface area contributed by atoms with Crippen LogP contribution in [0.25, 0.3) is 0 Å². The van der Waals surface area contributed by atoms with Gasteiger partial charge in [0, 0.05) is 37.4 Å². The van der Waals surface area contributed by atoms with E-state index in [1.54, 1.807) is 36.7 Å². The van der Waals surface area contributed by atoms with Crippen molar-refractivity contribution in [2.45, 2.75) is 0 Å². The number of carbonyl (C=O) groups excluding carboxylic acids is 1. The van der Waals surface area contributed by atoms with E-state index >= 15 is 0 Å². The van der Waals surface area contributed by atoms with Crippen LogP contribution in [0, 0.1) is 11.3 Å². The molecule has 1 aromatic heterocycles. The van der Waals surface area contributed by atoms with E-state index in [1.165, 1.54) is 5.69 Å². The number of aromatic nitrogens is 2. The molecule has 0 radical (unpaired) electrons. The van der Waals surface area contributed by atoms with Gasteiger partial charge in [0.1, 0.15) is 0 Å². The Hall–Kier alpha value is -3.92. The fraction of sp³-hybridized carbons (Fsp3) is 0.182. The molecule has 2 aromatic carbocycles. The highest BCUT2D eigenvalue weighted by molar-refractivity contribution is 6.04. The van der Waals surface area contributed by atoms with Crippen molar-refractivity contribution in [2.75, 3.05) is 41.3 Å². The molecule has 3 aromatic rings. The van der Waals surface area contributed by atoms with E-state index in [1.807, 2.05) is 12.1 Å². The lowest BCUT2D eigenvalue weighted by atomic mass is 10.1. The average molecular weight is 384 g/mol. The minimum Gasteiger partial charge on any atom is -0.368 e. The van der Waals surface area contributed by atoms with Gasteiger partial charge >= 0.3 is 0 Å². The first-order valence-electron chi connectivity index (χ1n) is 9.41. The van der Waals surface area contributed by atoms with Crippen LogP contribution in [0.4, 0.5) is 17.3 Å². The second-order valence-electron chi connectivity index (χ2n) is 6.73. The Balaban J connectivity index is 1.36. The summed E-state index contributed by atoms with van der Waals surface area (Å²) in [5.41, 5.74) is 2.61. The average Bonchev–Trinajstić information content (AvgIpc) is 2.80. The maximum Gasteiger partial charge on any atom is 0.255 e. The summed E-state index contributed by atoms with van der Waals surface area (Å²) >= 11 is 0. The van der Waals surface area contributed by atoms with Crippen molar-refractivity contribution in [3.05, 3.63) is 78.1 Å². The van der Waals surface area contributed by atoms with Gasteiger partial charge in [0.2, 0.25) is 5.95 Å². The van der Waals surface area contributed by atoms with E-state index in [9.17, 15) is 4.79 Å². The van der Waals surface area contributed by atoms with Crippen LogP contribution < -0.4 is 15.1 Å². The highest BCUT2D eigenvalue weighted by Crippen LogP contribution is 2.18. The molecule has 0 spiro atoms. The number of benzene rings is 2. The topological polar surface area (TPSA) is 85.1 Å². The smallest absolute Gasteiger partial charge is 0.255 e. The van der Waals surface area contributed by atoms with E-state index in [4.69, 9.17) is 5.26 Å². The molecule has 0 unspecified atom stereocenters. The van der Waals surface area contributed by atoms with Crippen molar-refractivity contribution >= 4 is 23.2 Å². The zero-order valence-electron chi connectivity index (χ0n) is 15.8. The van der Waals surface area contributed by atoms with Crippen molar-refractivity contribution < 1.29 is 4.79 Å². The maximum atomic E-state index is 12.3. The highest BCUT2D eigenvalue weighted by atomic mass is 16.1. The van der Waals surface area contributed by atoms with Gasteiger partial charge in [-0.1, -0.05) is 24.3 Å². The Morgan fingerprint density at radius 3 is 2.31 bits per heavy atom. The fourth-order valence-electron chi connectivity index (χ4n) is 3.29. The van der Waals surface area contributed by atoms with Crippen LogP contribution in [-0.2, 0) is 0 Å². The van der Waals surface area contributed by atoms with Gasteiger partial charge in [0.05, 0.1) is 29.7 Å². The molecule has 4 rings (SSSR count). The second-order valence-corrected chi connectivity index (χ2v) is 6.73. The third kappa shape index (κ3) is 4.33. The van der Waals surface area contributed by atoms with Crippen LogP contribution in [-0.4, -0.2) is 42.1 Å². The molecule has 29 heavy (non-hydrogen) atoms. The molecular weight excluding hydrogens is 364 g/mol. The van der Waals surface area contributed by atoms with Gasteiger partial charge in [-0.2, -0.15) is 5.26 Å². The van der Waals surface area contributed by atoms with E-state index in [2.05, 4.69) is 49.4 Å². The number of para-hydroxylation sites is 1. The minimum absolute atomic E-state index is 0.296. The summed E-state index contributed by atoms with van der Waals surface area (Å²) in [5.74, 6) is 0.358. The Bertz CT molecular complexity index is 1020. The number of nitrogens with zero attached hydrogens (tertiary/aromatic N) is 5. The Morgan fingerprint density at radius 2 is 1.62 bits per heavy atom. The molecule has 1 amide bonds. The normalized spacial score (nSPS) is 13.6. The van der Waals surface area contributed by atoms with Crippen LogP contribution in [0.3, 0.4) is 0 Å². The Labute approximate surface area is 169 Å². The van der Waals surface area contributed by atoms with Gasteiger partial charge < -0.3 is 15.1 Å². The van der Waals surface area contributed by atoms with Gasteiger partial charge in [0.15, 0.2) is 0 Å². The third-order valence-electron chi connectivity index (χ3n) is 4.83. The fourth-order valence-corrected chi connectivity index (χ4v) is 3.29. The number of nitriles is 1. The van der Waals surface area contributed by atoms with Crippen molar-refractivity contribution in [1.29, 1.82) is 5.26 Å². The number of hydrogen-bond acceptors (Lipinski definition) is 6. The zero-order valence-corrected chi connectivity index (χ0v) is 15.8. The number of rotatable bonds is 4. The summed E-state index contributed by atoms with van der Waals surface area (Å²) < 4.78 is 0. The van der Waals surface area contributed by atoms with Crippen molar-refractivity contribution in [2.24, 2.45) is 0 Å².